The molecular formula is C27H37N3O3. The van der Waals surface area contributed by atoms with Gasteiger partial charge in [0.15, 0.2) is 5.76 Å². The summed E-state index contributed by atoms with van der Waals surface area (Å²) in [5.41, 5.74) is 4.41. The summed E-state index contributed by atoms with van der Waals surface area (Å²) in [6.45, 7) is 18.5. The molecule has 0 radical (unpaired) electrons. The molecule has 178 valence electrons. The van der Waals surface area contributed by atoms with E-state index in [1.54, 1.807) is 6.92 Å². The number of ether oxygens (including phenoxy) is 2. The van der Waals surface area contributed by atoms with Gasteiger partial charge >= 0.3 is 5.97 Å². The smallest absolute Gasteiger partial charge is 0.314 e. The van der Waals surface area contributed by atoms with Crippen LogP contribution < -0.4 is 0 Å². The average molecular weight is 452 g/mol. The molecule has 6 nitrogen and oxygen atoms in total. The third-order valence-electron chi connectivity index (χ3n) is 5.50. The van der Waals surface area contributed by atoms with E-state index in [1.807, 2.05) is 51.6 Å². The van der Waals surface area contributed by atoms with Gasteiger partial charge in [-0.2, -0.15) is 5.10 Å². The van der Waals surface area contributed by atoms with Gasteiger partial charge in [-0.3, -0.25) is 14.5 Å². The predicted molar refractivity (Wildman–Crippen MR) is 133 cm³/mol. The summed E-state index contributed by atoms with van der Waals surface area (Å²) >= 11 is 0. The van der Waals surface area contributed by atoms with Gasteiger partial charge in [-0.05, 0) is 57.2 Å². The van der Waals surface area contributed by atoms with E-state index in [2.05, 4.69) is 55.1 Å². The molecular weight excluding hydrogens is 414 g/mol. The van der Waals surface area contributed by atoms with Crippen LogP contribution in [-0.4, -0.2) is 34.3 Å². The van der Waals surface area contributed by atoms with Gasteiger partial charge in [0.25, 0.3) is 0 Å². The summed E-state index contributed by atoms with van der Waals surface area (Å²) in [7, 11) is 0. The largest absolute Gasteiger partial charge is 0.452 e. The Bertz CT molecular complexity index is 1060. The molecule has 1 aliphatic rings. The highest BCUT2D eigenvalue weighted by Gasteiger charge is 2.31. The van der Waals surface area contributed by atoms with Gasteiger partial charge in [0.1, 0.15) is 11.7 Å². The summed E-state index contributed by atoms with van der Waals surface area (Å²) in [6.07, 6.45) is 1.14. The fourth-order valence-corrected chi connectivity index (χ4v) is 3.53. The van der Waals surface area contributed by atoms with Crippen LogP contribution in [0.15, 0.2) is 35.3 Å². The van der Waals surface area contributed by atoms with Gasteiger partial charge in [-0.15, -0.1) is 0 Å². The maximum atomic E-state index is 12.5. The van der Waals surface area contributed by atoms with Crippen LogP contribution in [0.25, 0.3) is 11.3 Å². The molecule has 1 aromatic heterocycles. The molecule has 0 saturated heterocycles. The molecule has 0 spiro atoms. The molecule has 0 amide bonds. The number of carbonyl (C=O) groups is 1. The van der Waals surface area contributed by atoms with Crippen LogP contribution in [0.3, 0.4) is 0 Å². The SMILES string of the molecule is CCn1nc(C)cc1/C(OC(C)OC(=O)C(C)(C)C)=C(/c1ccc(C(C)(C)C)cc1)C1C=N1. The molecule has 6 heteroatoms. The lowest BCUT2D eigenvalue weighted by Gasteiger charge is -2.25. The van der Waals surface area contributed by atoms with E-state index < -0.39 is 11.7 Å². The molecule has 3 rings (SSSR count). The van der Waals surface area contributed by atoms with Crippen molar-refractivity contribution < 1.29 is 14.3 Å². The third-order valence-corrected chi connectivity index (χ3v) is 5.50. The van der Waals surface area contributed by atoms with Crippen molar-refractivity contribution in [3.8, 4) is 0 Å². The number of aliphatic imine (C=N–C) groups is 1. The number of hydrogen-bond donors (Lipinski definition) is 0. The standard InChI is InChI=1S/C27H37N3O3/c1-10-30-22(15-17(2)29-30)24(32-18(3)33-25(31)27(7,8)9)23(21-16-28-21)19-11-13-20(14-12-19)26(4,5)6/h11-16,18,21H,10H2,1-9H3/b24-23+. The fourth-order valence-electron chi connectivity index (χ4n) is 3.53. The second-order valence-corrected chi connectivity index (χ2v) is 10.6. The van der Waals surface area contributed by atoms with Crippen molar-refractivity contribution in [3.05, 3.63) is 52.8 Å². The maximum Gasteiger partial charge on any atom is 0.314 e. The minimum absolute atomic E-state index is 0.0609. The van der Waals surface area contributed by atoms with Gasteiger partial charge in [-0.1, -0.05) is 45.0 Å². The number of hydrogen-bond acceptors (Lipinski definition) is 5. The lowest BCUT2D eigenvalue weighted by atomic mass is 9.86. The molecule has 2 atom stereocenters. The summed E-state index contributed by atoms with van der Waals surface area (Å²) in [5, 5.41) is 4.61. The monoisotopic (exact) mass is 451 g/mol. The van der Waals surface area contributed by atoms with Crippen LogP contribution in [0, 0.1) is 12.3 Å². The molecule has 0 aliphatic carbocycles. The Balaban J connectivity index is 2.09. The molecule has 1 aromatic carbocycles. The topological polar surface area (TPSA) is 65.7 Å². The van der Waals surface area contributed by atoms with Crippen molar-refractivity contribution in [1.29, 1.82) is 0 Å². The first-order valence-electron chi connectivity index (χ1n) is 11.6. The van der Waals surface area contributed by atoms with Gasteiger partial charge in [0.05, 0.1) is 11.1 Å². The van der Waals surface area contributed by atoms with Crippen molar-refractivity contribution in [2.24, 2.45) is 10.4 Å². The van der Waals surface area contributed by atoms with E-state index in [0.717, 1.165) is 22.5 Å². The number of aryl methyl sites for hydroxylation is 2. The zero-order valence-electron chi connectivity index (χ0n) is 21.4. The first-order chi connectivity index (χ1) is 15.3. The van der Waals surface area contributed by atoms with Crippen molar-refractivity contribution in [3.63, 3.8) is 0 Å². The molecule has 0 fully saturated rings. The number of nitrogens with zero attached hydrogens (tertiary/aromatic N) is 3. The third kappa shape index (κ3) is 5.92. The normalized spacial score (nSPS) is 17.4. The second kappa shape index (κ2) is 9.16. The van der Waals surface area contributed by atoms with Gasteiger partial charge in [0, 0.05) is 25.3 Å². The first kappa shape index (κ1) is 24.7. The van der Waals surface area contributed by atoms with Crippen LogP contribution >= 0.6 is 0 Å². The molecule has 0 N–H and O–H groups in total. The van der Waals surface area contributed by atoms with Gasteiger partial charge in [-0.25, -0.2) is 0 Å². The first-order valence-corrected chi connectivity index (χ1v) is 11.6. The number of benzene rings is 1. The second-order valence-electron chi connectivity index (χ2n) is 10.6. The minimum atomic E-state index is -0.769. The van der Waals surface area contributed by atoms with Gasteiger partial charge in [0.2, 0.25) is 6.29 Å². The molecule has 0 bridgehead atoms. The summed E-state index contributed by atoms with van der Waals surface area (Å²) < 4.78 is 13.9. The Morgan fingerprint density at radius 3 is 2.18 bits per heavy atom. The van der Waals surface area contributed by atoms with Crippen LogP contribution in [-0.2, 0) is 26.2 Å². The molecule has 0 saturated carbocycles. The van der Waals surface area contributed by atoms with Gasteiger partial charge < -0.3 is 9.47 Å². The Kier molecular flexibility index (Phi) is 6.87. The summed E-state index contributed by atoms with van der Waals surface area (Å²) in [5.74, 6) is 0.325. The van der Waals surface area contributed by atoms with E-state index in [1.165, 1.54) is 5.56 Å². The quantitative estimate of drug-likeness (QED) is 0.304. The maximum absolute atomic E-state index is 12.5. The Morgan fingerprint density at radius 1 is 1.09 bits per heavy atom. The van der Waals surface area contributed by atoms with E-state index in [0.29, 0.717) is 12.3 Å². The zero-order chi connectivity index (χ0) is 24.6. The van der Waals surface area contributed by atoms with Crippen molar-refractivity contribution >= 4 is 23.5 Å². The van der Waals surface area contributed by atoms with E-state index in [4.69, 9.17) is 9.47 Å². The van der Waals surface area contributed by atoms with Crippen LogP contribution in [0.4, 0.5) is 0 Å². The van der Waals surface area contributed by atoms with Crippen LogP contribution in [0.2, 0.25) is 0 Å². The highest BCUT2D eigenvalue weighted by Crippen LogP contribution is 2.36. The highest BCUT2D eigenvalue weighted by molar-refractivity contribution is 6.03. The minimum Gasteiger partial charge on any atom is -0.452 e. The van der Waals surface area contributed by atoms with Crippen LogP contribution in [0.5, 0.6) is 0 Å². The lowest BCUT2D eigenvalue weighted by Crippen LogP contribution is -2.28. The van der Waals surface area contributed by atoms with Crippen LogP contribution in [0.1, 0.15) is 77.9 Å². The highest BCUT2D eigenvalue weighted by atomic mass is 16.7. The number of esters is 1. The van der Waals surface area contributed by atoms with E-state index in [-0.39, 0.29) is 17.4 Å². The number of rotatable bonds is 7. The Hall–Kier alpha value is -2.89. The number of carbonyl (C=O) groups excluding carboxylic acids is 1. The molecule has 33 heavy (non-hydrogen) atoms. The van der Waals surface area contributed by atoms with Crippen molar-refractivity contribution in [1.82, 2.24) is 9.78 Å². The van der Waals surface area contributed by atoms with E-state index in [9.17, 15) is 4.79 Å². The predicted octanol–water partition coefficient (Wildman–Crippen LogP) is 5.78. The van der Waals surface area contributed by atoms with E-state index >= 15 is 0 Å². The molecule has 2 aromatic rings. The zero-order valence-corrected chi connectivity index (χ0v) is 21.4. The van der Waals surface area contributed by atoms with Crippen molar-refractivity contribution in [2.75, 3.05) is 0 Å². The van der Waals surface area contributed by atoms with Crippen molar-refractivity contribution in [2.45, 2.75) is 86.6 Å². The average Bonchev–Trinajstić information content (AvgIpc) is 3.47. The molecule has 2 unspecified atom stereocenters. The Morgan fingerprint density at radius 2 is 1.70 bits per heavy atom. The summed E-state index contributed by atoms with van der Waals surface area (Å²) in [4.78, 5) is 16.9. The fraction of sp³-hybridized carbons (Fsp3) is 0.519. The Labute approximate surface area is 197 Å². The number of aromatic nitrogens is 2. The molecule has 2 heterocycles. The summed E-state index contributed by atoms with van der Waals surface area (Å²) in [6, 6.07) is 10.5. The molecule has 1 aliphatic heterocycles. The lowest BCUT2D eigenvalue weighted by molar-refractivity contribution is -0.173.